The maximum absolute atomic E-state index is 5.77. The van der Waals surface area contributed by atoms with Crippen LogP contribution in [0.3, 0.4) is 0 Å². The van der Waals surface area contributed by atoms with E-state index in [-0.39, 0.29) is 0 Å². The molecular weight excluding hydrogens is 160 g/mol. The topological polar surface area (TPSA) is 38.0 Å². The van der Waals surface area contributed by atoms with Crippen molar-refractivity contribution in [1.29, 1.82) is 0 Å². The molecule has 0 aromatic carbocycles. The van der Waals surface area contributed by atoms with Gasteiger partial charge in [-0.15, -0.1) is 0 Å². The van der Waals surface area contributed by atoms with Crippen molar-refractivity contribution in [3.63, 3.8) is 0 Å². The van der Waals surface area contributed by atoms with Crippen molar-refractivity contribution in [3.05, 3.63) is 0 Å². The molecule has 1 heterocycles. The second kappa shape index (κ2) is 3.58. The lowest BCUT2D eigenvalue weighted by Crippen LogP contribution is -2.29. The van der Waals surface area contributed by atoms with Crippen molar-refractivity contribution in [2.24, 2.45) is 17.1 Å². The van der Waals surface area contributed by atoms with E-state index in [0.717, 1.165) is 11.3 Å². The molecule has 2 aliphatic rings. The van der Waals surface area contributed by atoms with E-state index < -0.39 is 0 Å². The van der Waals surface area contributed by atoms with Gasteiger partial charge in [-0.2, -0.15) is 0 Å². The second-order valence-corrected chi connectivity index (χ2v) is 5.07. The number of hydrogen-bond donors (Lipinski definition) is 2. The maximum atomic E-state index is 5.77. The highest BCUT2D eigenvalue weighted by atomic mass is 14.9. The van der Waals surface area contributed by atoms with E-state index in [4.69, 9.17) is 5.73 Å². The van der Waals surface area contributed by atoms with Crippen LogP contribution in [0.15, 0.2) is 0 Å². The fourth-order valence-corrected chi connectivity index (χ4v) is 2.84. The molecule has 0 bridgehead atoms. The van der Waals surface area contributed by atoms with Crippen molar-refractivity contribution in [2.75, 3.05) is 13.1 Å². The van der Waals surface area contributed by atoms with Gasteiger partial charge in [0.05, 0.1) is 0 Å². The van der Waals surface area contributed by atoms with E-state index in [2.05, 4.69) is 12.2 Å². The molecule has 13 heavy (non-hydrogen) atoms. The van der Waals surface area contributed by atoms with Gasteiger partial charge in [0.2, 0.25) is 0 Å². The molecule has 0 amide bonds. The van der Waals surface area contributed by atoms with E-state index in [0.29, 0.717) is 6.04 Å². The molecule has 1 aliphatic heterocycles. The Kier molecular flexibility index (Phi) is 2.61. The summed E-state index contributed by atoms with van der Waals surface area (Å²) in [4.78, 5) is 0. The standard InChI is InChI=1S/C11H22N2/c1-9(12)2-3-10-8-11(10)4-6-13-7-5-11/h9-10,13H,2-8,12H2,1H3. The van der Waals surface area contributed by atoms with Crippen molar-refractivity contribution in [2.45, 2.75) is 45.1 Å². The van der Waals surface area contributed by atoms with Gasteiger partial charge in [-0.3, -0.25) is 0 Å². The Labute approximate surface area is 81.3 Å². The quantitative estimate of drug-likeness (QED) is 0.694. The smallest absolute Gasteiger partial charge is 0.00105 e. The molecule has 1 saturated carbocycles. The predicted molar refractivity (Wildman–Crippen MR) is 55.5 cm³/mol. The average molecular weight is 182 g/mol. The third-order valence-electron chi connectivity index (χ3n) is 3.93. The van der Waals surface area contributed by atoms with Gasteiger partial charge in [-0.1, -0.05) is 0 Å². The number of rotatable bonds is 3. The van der Waals surface area contributed by atoms with Crippen LogP contribution >= 0.6 is 0 Å². The predicted octanol–water partition coefficient (Wildman–Crippen LogP) is 1.50. The van der Waals surface area contributed by atoms with Gasteiger partial charge in [0.1, 0.15) is 0 Å². The van der Waals surface area contributed by atoms with Crippen LogP contribution in [0.2, 0.25) is 0 Å². The monoisotopic (exact) mass is 182 g/mol. The molecule has 2 heteroatoms. The summed E-state index contributed by atoms with van der Waals surface area (Å²) in [5, 5.41) is 3.44. The molecule has 1 aliphatic carbocycles. The van der Waals surface area contributed by atoms with Crippen LogP contribution < -0.4 is 11.1 Å². The van der Waals surface area contributed by atoms with E-state index >= 15 is 0 Å². The maximum Gasteiger partial charge on any atom is 0.00105 e. The fraction of sp³-hybridized carbons (Fsp3) is 1.00. The molecule has 76 valence electrons. The molecular formula is C11H22N2. The second-order valence-electron chi connectivity index (χ2n) is 5.07. The number of nitrogens with one attached hydrogen (secondary N) is 1. The lowest BCUT2D eigenvalue weighted by atomic mass is 9.90. The zero-order valence-corrected chi connectivity index (χ0v) is 8.68. The summed E-state index contributed by atoms with van der Waals surface area (Å²) in [6.45, 7) is 4.61. The fourth-order valence-electron chi connectivity index (χ4n) is 2.84. The molecule has 2 rings (SSSR count). The Morgan fingerprint density at radius 1 is 1.46 bits per heavy atom. The lowest BCUT2D eigenvalue weighted by Gasteiger charge is -2.23. The summed E-state index contributed by atoms with van der Waals surface area (Å²) in [5.74, 6) is 1.01. The molecule has 2 nitrogen and oxygen atoms in total. The van der Waals surface area contributed by atoms with Crippen LogP contribution in [-0.4, -0.2) is 19.1 Å². The summed E-state index contributed by atoms with van der Waals surface area (Å²) in [5.41, 5.74) is 6.54. The normalized spacial score (nSPS) is 33.2. The molecule has 1 spiro atoms. The van der Waals surface area contributed by atoms with E-state index in [1.807, 2.05) is 0 Å². The molecule has 2 atom stereocenters. The average Bonchev–Trinajstić information content (AvgIpc) is 2.77. The first kappa shape index (κ1) is 9.47. The minimum Gasteiger partial charge on any atom is -0.328 e. The highest BCUT2D eigenvalue weighted by molar-refractivity contribution is 5.04. The summed E-state index contributed by atoms with van der Waals surface area (Å²) >= 11 is 0. The van der Waals surface area contributed by atoms with Crippen LogP contribution in [0.1, 0.15) is 39.0 Å². The number of nitrogens with two attached hydrogens (primary N) is 1. The van der Waals surface area contributed by atoms with Crippen LogP contribution in [-0.2, 0) is 0 Å². The van der Waals surface area contributed by atoms with Gasteiger partial charge in [-0.05, 0) is 63.5 Å². The summed E-state index contributed by atoms with van der Waals surface area (Å²) in [6, 6.07) is 0.402. The van der Waals surface area contributed by atoms with Gasteiger partial charge < -0.3 is 11.1 Å². The minimum atomic E-state index is 0.402. The summed E-state index contributed by atoms with van der Waals surface area (Å²) < 4.78 is 0. The Bertz CT molecular complexity index is 171. The first-order valence-corrected chi connectivity index (χ1v) is 5.69. The van der Waals surface area contributed by atoms with Crippen molar-refractivity contribution in [1.82, 2.24) is 5.32 Å². The Morgan fingerprint density at radius 2 is 2.15 bits per heavy atom. The van der Waals surface area contributed by atoms with Crippen LogP contribution in [0.25, 0.3) is 0 Å². The molecule has 2 unspecified atom stereocenters. The summed E-state index contributed by atoms with van der Waals surface area (Å²) in [7, 11) is 0. The zero-order valence-electron chi connectivity index (χ0n) is 8.68. The highest BCUT2D eigenvalue weighted by Crippen LogP contribution is 2.60. The first-order chi connectivity index (χ1) is 6.23. The minimum absolute atomic E-state index is 0.402. The van der Waals surface area contributed by atoms with Crippen LogP contribution in [0.4, 0.5) is 0 Å². The van der Waals surface area contributed by atoms with Crippen molar-refractivity contribution < 1.29 is 0 Å². The molecule has 3 N–H and O–H groups in total. The SMILES string of the molecule is CC(N)CCC1CC12CCNCC2. The lowest BCUT2D eigenvalue weighted by molar-refractivity contribution is 0.314. The van der Waals surface area contributed by atoms with Gasteiger partial charge in [0.25, 0.3) is 0 Å². The third-order valence-corrected chi connectivity index (χ3v) is 3.93. The molecule has 0 aromatic rings. The Balaban J connectivity index is 1.73. The zero-order chi connectivity index (χ0) is 9.31. The molecule has 2 fully saturated rings. The van der Waals surface area contributed by atoms with Gasteiger partial charge in [0, 0.05) is 6.04 Å². The van der Waals surface area contributed by atoms with E-state index in [9.17, 15) is 0 Å². The Morgan fingerprint density at radius 3 is 2.77 bits per heavy atom. The third kappa shape index (κ3) is 2.05. The molecule has 1 saturated heterocycles. The van der Waals surface area contributed by atoms with E-state index in [1.165, 1.54) is 45.2 Å². The Hall–Kier alpha value is -0.0800. The van der Waals surface area contributed by atoms with Crippen LogP contribution in [0, 0.1) is 11.3 Å². The first-order valence-electron chi connectivity index (χ1n) is 5.69. The number of hydrogen-bond acceptors (Lipinski definition) is 2. The molecule has 0 radical (unpaired) electrons. The van der Waals surface area contributed by atoms with Gasteiger partial charge in [-0.25, -0.2) is 0 Å². The number of piperidine rings is 1. The van der Waals surface area contributed by atoms with Gasteiger partial charge in [0.15, 0.2) is 0 Å². The summed E-state index contributed by atoms with van der Waals surface area (Å²) in [6.07, 6.45) is 6.91. The molecule has 0 aromatic heterocycles. The van der Waals surface area contributed by atoms with Crippen molar-refractivity contribution in [3.8, 4) is 0 Å². The van der Waals surface area contributed by atoms with Crippen molar-refractivity contribution >= 4 is 0 Å². The highest BCUT2D eigenvalue weighted by Gasteiger charge is 2.52. The van der Waals surface area contributed by atoms with E-state index in [1.54, 1.807) is 0 Å². The van der Waals surface area contributed by atoms with Crippen LogP contribution in [0.5, 0.6) is 0 Å². The van der Waals surface area contributed by atoms with Gasteiger partial charge >= 0.3 is 0 Å². The largest absolute Gasteiger partial charge is 0.328 e.